The number of unbranched alkanes of at least 4 members (excludes halogenated alkanes) is 1. The van der Waals surface area contributed by atoms with Crippen LogP contribution in [-0.2, 0) is 33.6 Å². The Hall–Kier alpha value is -6.81. The standard InChI is InChI=1S/C36H71N21O7S/c1-20(58)53-23(9-4-14-48-33(39)40)28(61)55-25(11-6-16-50-35(43)44)30(63)57-26(12-7-17-51-36(45)46)31(64)56-24(10-5-15-49-34(41)42)29(62)54-22(8-2-3-13-47-32(37)38)27(60)52-18-21(59)19-65/h22-26,65H,2-19H2,1H3,(H,52,60)(H,53,58)(H,54,62)(H,55,61)(H,56,64)(H,57,63)(H4,37,38,47)(H4,39,40,48)(H4,41,42,49)(H4,43,44,50)(H4,45,46,51)/t22-,23-,24-,25-,26-/m0/s1. The van der Waals surface area contributed by atoms with Gasteiger partial charge in [0.25, 0.3) is 0 Å². The van der Waals surface area contributed by atoms with E-state index in [1.54, 1.807) is 0 Å². The normalized spacial score (nSPS) is 12.8. The molecule has 0 aliphatic carbocycles. The first-order chi connectivity index (χ1) is 30.7. The number of nitrogens with one attached hydrogen (secondary N) is 16. The molecule has 0 aliphatic heterocycles. The summed E-state index contributed by atoms with van der Waals surface area (Å²) in [5, 5.41) is 65.8. The van der Waals surface area contributed by atoms with Gasteiger partial charge in [-0.1, -0.05) is 0 Å². The molecule has 368 valence electrons. The molecule has 0 bridgehead atoms. The molecule has 0 aromatic carbocycles. The van der Waals surface area contributed by atoms with E-state index in [0.29, 0.717) is 25.8 Å². The second-order valence-corrected chi connectivity index (χ2v) is 15.0. The van der Waals surface area contributed by atoms with Crippen LogP contribution in [0.4, 0.5) is 0 Å². The molecule has 0 saturated heterocycles. The molecule has 28 nitrogen and oxygen atoms in total. The van der Waals surface area contributed by atoms with Crippen molar-refractivity contribution in [2.24, 2.45) is 28.7 Å². The number of thiol groups is 1. The first-order valence-corrected chi connectivity index (χ1v) is 21.6. The summed E-state index contributed by atoms with van der Waals surface area (Å²) < 4.78 is 0. The second-order valence-electron chi connectivity index (χ2n) is 14.7. The van der Waals surface area contributed by atoms with Crippen molar-refractivity contribution >= 4 is 83.7 Å². The van der Waals surface area contributed by atoms with Gasteiger partial charge in [0, 0.05) is 39.6 Å². The summed E-state index contributed by atoms with van der Waals surface area (Å²) in [6.07, 6.45) is 1.71. The molecule has 0 rings (SSSR count). The average Bonchev–Trinajstić information content (AvgIpc) is 3.22. The van der Waals surface area contributed by atoms with Crippen LogP contribution in [0.1, 0.15) is 77.6 Å². The van der Waals surface area contributed by atoms with Crippen LogP contribution in [0.25, 0.3) is 0 Å². The number of amides is 6. The van der Waals surface area contributed by atoms with E-state index in [0.717, 1.165) is 0 Å². The van der Waals surface area contributed by atoms with Gasteiger partial charge < -0.3 is 87.2 Å². The molecule has 0 fully saturated rings. The van der Waals surface area contributed by atoms with Crippen LogP contribution in [0.2, 0.25) is 0 Å². The molecule has 0 aliphatic rings. The van der Waals surface area contributed by atoms with E-state index in [1.807, 2.05) is 0 Å². The van der Waals surface area contributed by atoms with Crippen molar-refractivity contribution in [3.63, 3.8) is 0 Å². The van der Waals surface area contributed by atoms with Gasteiger partial charge in [0.1, 0.15) is 30.2 Å². The number of hydrogen-bond acceptors (Lipinski definition) is 13. The van der Waals surface area contributed by atoms with Crippen LogP contribution >= 0.6 is 12.6 Å². The van der Waals surface area contributed by atoms with Gasteiger partial charge in [0.15, 0.2) is 35.6 Å². The zero-order valence-corrected chi connectivity index (χ0v) is 37.7. The van der Waals surface area contributed by atoms with Gasteiger partial charge in [-0.3, -0.25) is 60.6 Å². The number of carbonyl (C=O) groups excluding carboxylic acids is 7. The predicted octanol–water partition coefficient (Wildman–Crippen LogP) is -6.25. The summed E-state index contributed by atoms with van der Waals surface area (Å²) in [5.41, 5.74) is 26.9. The van der Waals surface area contributed by atoms with Crippen molar-refractivity contribution in [1.29, 1.82) is 27.0 Å². The average molecular weight is 942 g/mol. The van der Waals surface area contributed by atoms with E-state index in [-0.39, 0.29) is 125 Å². The lowest BCUT2D eigenvalue weighted by Crippen LogP contribution is -2.59. The highest BCUT2D eigenvalue weighted by atomic mass is 32.1. The van der Waals surface area contributed by atoms with E-state index in [1.165, 1.54) is 6.92 Å². The minimum absolute atomic E-state index is 0.0290. The number of guanidine groups is 5. The van der Waals surface area contributed by atoms with Crippen molar-refractivity contribution in [3.8, 4) is 0 Å². The summed E-state index contributed by atoms with van der Waals surface area (Å²) in [6.45, 7) is 1.75. The molecule has 0 radical (unpaired) electrons. The molecule has 0 aromatic rings. The smallest absolute Gasteiger partial charge is 0.243 e. The van der Waals surface area contributed by atoms with E-state index >= 15 is 0 Å². The topological polar surface area (TPSA) is 501 Å². The first-order valence-electron chi connectivity index (χ1n) is 20.9. The largest absolute Gasteiger partial charge is 0.370 e. The molecule has 6 amide bonds. The van der Waals surface area contributed by atoms with Crippen molar-refractivity contribution < 1.29 is 33.6 Å². The predicted molar refractivity (Wildman–Crippen MR) is 248 cm³/mol. The van der Waals surface area contributed by atoms with Crippen molar-refractivity contribution in [3.05, 3.63) is 0 Å². The number of rotatable bonds is 34. The van der Waals surface area contributed by atoms with Crippen LogP contribution in [0, 0.1) is 27.0 Å². The van der Waals surface area contributed by atoms with Crippen LogP contribution < -0.4 is 87.2 Å². The molecule has 0 unspecified atom stereocenters. The van der Waals surface area contributed by atoms with Gasteiger partial charge in [0.2, 0.25) is 35.4 Å². The van der Waals surface area contributed by atoms with E-state index in [2.05, 4.69) is 71.1 Å². The van der Waals surface area contributed by atoms with Crippen LogP contribution in [0.15, 0.2) is 0 Å². The Balaban J connectivity index is 6.69. The van der Waals surface area contributed by atoms with Gasteiger partial charge in [0.05, 0.1) is 12.3 Å². The minimum atomic E-state index is -1.36. The maximum Gasteiger partial charge on any atom is 0.243 e. The Morgan fingerprint density at radius 1 is 0.400 bits per heavy atom. The number of Topliss-reactive ketones (excluding diaryl/α,β-unsaturated/α-hetero) is 1. The quantitative estimate of drug-likeness (QED) is 0.0123. The highest BCUT2D eigenvalue weighted by molar-refractivity contribution is 7.81. The van der Waals surface area contributed by atoms with E-state index < -0.39 is 65.7 Å². The summed E-state index contributed by atoms with van der Waals surface area (Å²) >= 11 is 3.92. The lowest BCUT2D eigenvalue weighted by molar-refractivity contribution is -0.135. The Kier molecular flexibility index (Phi) is 30.2. The molecule has 0 spiro atoms. The van der Waals surface area contributed by atoms with Crippen molar-refractivity contribution in [2.75, 3.05) is 45.0 Å². The third-order valence-electron chi connectivity index (χ3n) is 9.04. The van der Waals surface area contributed by atoms with E-state index in [4.69, 9.17) is 55.7 Å². The lowest BCUT2D eigenvalue weighted by Gasteiger charge is -2.27. The first kappa shape index (κ1) is 58.2. The fourth-order valence-electron chi connectivity index (χ4n) is 5.86. The highest BCUT2D eigenvalue weighted by Gasteiger charge is 2.32. The molecule has 0 heterocycles. The number of nitrogens with two attached hydrogens (primary N) is 5. The minimum Gasteiger partial charge on any atom is -0.370 e. The SMILES string of the molecule is CC(=O)N[C@@H](CCCNC(=N)N)C(=O)N[C@@H](CCCNC(=N)N)C(=O)N[C@@H](CCCNC(=N)N)C(=O)N[C@@H](CCCNC(=N)N)C(=O)N[C@@H](CCCCNC(=N)N)C(=O)NCC(=O)CS. The van der Waals surface area contributed by atoms with Crippen LogP contribution in [0.3, 0.4) is 0 Å². The highest BCUT2D eigenvalue weighted by Crippen LogP contribution is 2.08. The van der Waals surface area contributed by atoms with Crippen molar-refractivity contribution in [2.45, 2.75) is 108 Å². The lowest BCUT2D eigenvalue weighted by atomic mass is 10.0. The molecule has 0 saturated carbocycles. The molecule has 65 heavy (non-hydrogen) atoms. The van der Waals surface area contributed by atoms with Gasteiger partial charge in [-0.15, -0.1) is 0 Å². The molecule has 29 heteroatoms. The van der Waals surface area contributed by atoms with Gasteiger partial charge in [-0.2, -0.15) is 12.6 Å². The maximum atomic E-state index is 14.2. The van der Waals surface area contributed by atoms with Gasteiger partial charge in [-0.25, -0.2) is 0 Å². The fraction of sp³-hybridized carbons (Fsp3) is 0.667. The zero-order chi connectivity index (χ0) is 49.3. The van der Waals surface area contributed by atoms with E-state index in [9.17, 15) is 33.6 Å². The third kappa shape index (κ3) is 30.0. The van der Waals surface area contributed by atoms with Crippen LogP contribution in [0.5, 0.6) is 0 Å². The molecular formula is C36H71N21O7S. The summed E-state index contributed by atoms with van der Waals surface area (Å²) in [5.74, 6) is -6.45. The molecular weight excluding hydrogens is 871 g/mol. The second kappa shape index (κ2) is 33.7. The summed E-state index contributed by atoms with van der Waals surface area (Å²) in [7, 11) is 0. The maximum absolute atomic E-state index is 14.2. The molecule has 0 aromatic heterocycles. The Labute approximate surface area is 383 Å². The Morgan fingerprint density at radius 3 is 0.938 bits per heavy atom. The molecule has 26 N–H and O–H groups in total. The fourth-order valence-corrected chi connectivity index (χ4v) is 5.97. The van der Waals surface area contributed by atoms with Crippen molar-refractivity contribution in [1.82, 2.24) is 58.5 Å². The monoisotopic (exact) mass is 942 g/mol. The number of ketones is 1. The Bertz CT molecular complexity index is 1640. The van der Waals surface area contributed by atoms with Gasteiger partial charge in [-0.05, 0) is 70.6 Å². The molecule has 5 atom stereocenters. The van der Waals surface area contributed by atoms with Gasteiger partial charge >= 0.3 is 0 Å². The number of carbonyl (C=O) groups is 7. The zero-order valence-electron chi connectivity index (χ0n) is 36.8. The summed E-state index contributed by atoms with van der Waals surface area (Å²) in [4.78, 5) is 93.0. The third-order valence-corrected chi connectivity index (χ3v) is 9.39. The number of hydrogen-bond donors (Lipinski definition) is 22. The summed E-state index contributed by atoms with van der Waals surface area (Å²) in [6, 6.07) is -6.27. The van der Waals surface area contributed by atoms with Crippen LogP contribution in [-0.4, -0.2) is 146 Å². The Morgan fingerprint density at radius 2 is 0.662 bits per heavy atom.